The molecule has 0 aliphatic heterocycles. The second-order valence-electron chi connectivity index (χ2n) is 2.98. The fraction of sp³-hybridized carbons (Fsp3) is 0.250. The first-order valence-corrected chi connectivity index (χ1v) is 5.83. The summed E-state index contributed by atoms with van der Waals surface area (Å²) in [7, 11) is -3.47. The molecular weight excluding hydrogens is 222 g/mol. The zero-order valence-electron chi connectivity index (χ0n) is 7.87. The molecule has 0 spiro atoms. The fourth-order valence-corrected chi connectivity index (χ4v) is 2.08. The van der Waals surface area contributed by atoms with Crippen LogP contribution in [0.5, 0.6) is 0 Å². The van der Waals surface area contributed by atoms with Crippen molar-refractivity contribution in [3.05, 3.63) is 33.9 Å². The number of rotatable bonds is 3. The molecule has 7 heteroatoms. The van der Waals surface area contributed by atoms with Crippen LogP contribution in [0.25, 0.3) is 0 Å². The first-order chi connectivity index (χ1) is 6.86. The third-order valence-corrected chi connectivity index (χ3v) is 3.02. The lowest BCUT2D eigenvalue weighted by Gasteiger charge is -2.04. The molecule has 0 atom stereocenters. The number of hydrogen-bond acceptors (Lipinski definition) is 5. The number of nitrogens with zero attached hydrogens (tertiary/aromatic N) is 1. The first kappa shape index (κ1) is 11.6. The number of benzene rings is 1. The van der Waals surface area contributed by atoms with Gasteiger partial charge in [0.15, 0.2) is 9.84 Å². The number of aliphatic hydroxyl groups is 1. The minimum Gasteiger partial charge on any atom is -0.392 e. The van der Waals surface area contributed by atoms with Crippen LogP contribution in [-0.4, -0.2) is 24.7 Å². The average molecular weight is 231 g/mol. The van der Waals surface area contributed by atoms with Crippen molar-refractivity contribution < 1.29 is 18.4 Å². The van der Waals surface area contributed by atoms with Crippen molar-refractivity contribution in [2.24, 2.45) is 0 Å². The van der Waals surface area contributed by atoms with Gasteiger partial charge in [-0.15, -0.1) is 0 Å². The van der Waals surface area contributed by atoms with Crippen molar-refractivity contribution >= 4 is 15.5 Å². The van der Waals surface area contributed by atoms with Crippen LogP contribution in [0.3, 0.4) is 0 Å². The minimum absolute atomic E-state index is 0.0340. The van der Waals surface area contributed by atoms with E-state index in [9.17, 15) is 18.5 Å². The summed E-state index contributed by atoms with van der Waals surface area (Å²) < 4.78 is 22.4. The highest BCUT2D eigenvalue weighted by Crippen LogP contribution is 2.21. The Bertz CT molecular complexity index is 494. The van der Waals surface area contributed by atoms with E-state index in [0.29, 0.717) is 0 Å². The van der Waals surface area contributed by atoms with Gasteiger partial charge in [0.1, 0.15) is 0 Å². The van der Waals surface area contributed by atoms with Crippen LogP contribution >= 0.6 is 0 Å². The van der Waals surface area contributed by atoms with E-state index in [0.717, 1.165) is 24.5 Å². The molecule has 0 amide bonds. The highest BCUT2D eigenvalue weighted by Gasteiger charge is 2.16. The second kappa shape index (κ2) is 3.95. The Labute approximate surface area is 86.2 Å². The third kappa shape index (κ3) is 2.51. The molecule has 1 rings (SSSR count). The Balaban J connectivity index is 3.40. The molecular formula is C8H9NO5S. The quantitative estimate of drug-likeness (QED) is 0.603. The van der Waals surface area contributed by atoms with Gasteiger partial charge >= 0.3 is 0 Å². The zero-order valence-corrected chi connectivity index (χ0v) is 8.69. The minimum atomic E-state index is -3.47. The summed E-state index contributed by atoms with van der Waals surface area (Å²) in [4.78, 5) is 9.67. The molecule has 1 aromatic rings. The monoisotopic (exact) mass is 231 g/mol. The predicted molar refractivity (Wildman–Crippen MR) is 52.1 cm³/mol. The number of hydrogen-bond donors (Lipinski definition) is 1. The smallest absolute Gasteiger partial charge is 0.269 e. The molecule has 0 saturated carbocycles. The van der Waals surface area contributed by atoms with Crippen LogP contribution in [0.2, 0.25) is 0 Å². The summed E-state index contributed by atoms with van der Waals surface area (Å²) in [5.41, 5.74) is -0.210. The maximum atomic E-state index is 11.2. The molecule has 6 nitrogen and oxygen atoms in total. The summed E-state index contributed by atoms with van der Waals surface area (Å²) in [6, 6.07) is 3.27. The van der Waals surface area contributed by atoms with Gasteiger partial charge in [-0.05, 0) is 6.07 Å². The van der Waals surface area contributed by atoms with E-state index in [-0.39, 0.29) is 16.1 Å². The van der Waals surface area contributed by atoms with Crippen molar-refractivity contribution in [2.45, 2.75) is 11.5 Å². The Hall–Kier alpha value is -1.47. The van der Waals surface area contributed by atoms with Gasteiger partial charge in [-0.25, -0.2) is 8.42 Å². The normalized spacial score (nSPS) is 11.3. The van der Waals surface area contributed by atoms with Crippen molar-refractivity contribution in [2.75, 3.05) is 6.26 Å². The van der Waals surface area contributed by atoms with Gasteiger partial charge in [-0.3, -0.25) is 10.1 Å². The van der Waals surface area contributed by atoms with E-state index in [1.54, 1.807) is 0 Å². The number of nitro groups is 1. The van der Waals surface area contributed by atoms with Crippen LogP contribution < -0.4 is 0 Å². The van der Waals surface area contributed by atoms with Gasteiger partial charge in [0.05, 0.1) is 16.4 Å². The van der Waals surface area contributed by atoms with E-state index in [1.807, 2.05) is 0 Å². The van der Waals surface area contributed by atoms with Crippen LogP contribution in [-0.2, 0) is 16.4 Å². The number of sulfone groups is 1. The Morgan fingerprint density at radius 3 is 2.47 bits per heavy atom. The summed E-state index contributed by atoms with van der Waals surface area (Å²) >= 11 is 0. The number of nitro benzene ring substituents is 1. The van der Waals surface area contributed by atoms with Gasteiger partial charge < -0.3 is 5.11 Å². The molecule has 0 radical (unpaired) electrons. The lowest BCUT2D eigenvalue weighted by molar-refractivity contribution is -0.385. The van der Waals surface area contributed by atoms with Crippen LogP contribution in [0.1, 0.15) is 5.56 Å². The first-order valence-electron chi connectivity index (χ1n) is 3.94. The van der Waals surface area contributed by atoms with Crippen LogP contribution in [0, 0.1) is 10.1 Å². The lowest BCUT2D eigenvalue weighted by atomic mass is 10.2. The molecule has 0 aliphatic rings. The predicted octanol–water partition coefficient (Wildman–Crippen LogP) is 0.491. The molecule has 0 fully saturated rings. The van der Waals surface area contributed by atoms with Crippen molar-refractivity contribution in [1.29, 1.82) is 0 Å². The molecule has 1 aromatic carbocycles. The molecule has 82 valence electrons. The largest absolute Gasteiger partial charge is 0.392 e. The number of aliphatic hydroxyl groups excluding tert-OH is 1. The van der Waals surface area contributed by atoms with Gasteiger partial charge in [-0.1, -0.05) is 0 Å². The summed E-state index contributed by atoms with van der Waals surface area (Å²) in [6.07, 6.45) is 0.979. The van der Waals surface area contributed by atoms with Crippen molar-refractivity contribution in [1.82, 2.24) is 0 Å². The molecule has 0 bridgehead atoms. The van der Waals surface area contributed by atoms with E-state index in [4.69, 9.17) is 5.11 Å². The van der Waals surface area contributed by atoms with Crippen LogP contribution in [0.4, 0.5) is 5.69 Å². The molecule has 1 N–H and O–H groups in total. The van der Waals surface area contributed by atoms with Gasteiger partial charge in [-0.2, -0.15) is 0 Å². The average Bonchev–Trinajstić information content (AvgIpc) is 2.15. The zero-order chi connectivity index (χ0) is 11.6. The lowest BCUT2D eigenvalue weighted by Crippen LogP contribution is -2.03. The molecule has 0 unspecified atom stereocenters. The maximum absolute atomic E-state index is 11.2. The third-order valence-electron chi connectivity index (χ3n) is 1.82. The fourth-order valence-electron chi connectivity index (χ4n) is 1.16. The highest BCUT2D eigenvalue weighted by atomic mass is 32.2. The van der Waals surface area contributed by atoms with E-state index in [1.165, 1.54) is 0 Å². The molecule has 0 heterocycles. The molecule has 0 aliphatic carbocycles. The Morgan fingerprint density at radius 1 is 1.47 bits per heavy atom. The summed E-state index contributed by atoms with van der Waals surface area (Å²) in [6.45, 7) is -0.552. The van der Waals surface area contributed by atoms with E-state index in [2.05, 4.69) is 0 Å². The SMILES string of the molecule is CS(=O)(=O)c1ccc([N+](=O)[O-])cc1CO. The van der Waals surface area contributed by atoms with Crippen LogP contribution in [0.15, 0.2) is 23.1 Å². The molecule has 0 saturated heterocycles. The Kier molecular flexibility index (Phi) is 3.06. The maximum Gasteiger partial charge on any atom is 0.269 e. The van der Waals surface area contributed by atoms with E-state index >= 15 is 0 Å². The molecule has 15 heavy (non-hydrogen) atoms. The Morgan fingerprint density at radius 2 is 2.07 bits per heavy atom. The highest BCUT2D eigenvalue weighted by molar-refractivity contribution is 7.90. The standard InChI is InChI=1S/C8H9NO5S/c1-15(13,14)8-3-2-7(9(11)12)4-6(8)5-10/h2-4,10H,5H2,1H3. The van der Waals surface area contributed by atoms with Gasteiger partial charge in [0.2, 0.25) is 0 Å². The van der Waals surface area contributed by atoms with E-state index < -0.39 is 21.4 Å². The molecule has 0 aromatic heterocycles. The number of non-ortho nitro benzene ring substituents is 1. The van der Waals surface area contributed by atoms with Gasteiger partial charge in [0, 0.05) is 24.0 Å². The van der Waals surface area contributed by atoms with Crippen molar-refractivity contribution in [3.8, 4) is 0 Å². The van der Waals surface area contributed by atoms with Gasteiger partial charge in [0.25, 0.3) is 5.69 Å². The summed E-state index contributed by atoms with van der Waals surface area (Å²) in [5, 5.41) is 19.3. The topological polar surface area (TPSA) is 97.5 Å². The second-order valence-corrected chi connectivity index (χ2v) is 4.96. The van der Waals surface area contributed by atoms with Crippen molar-refractivity contribution in [3.63, 3.8) is 0 Å². The summed E-state index contributed by atoms with van der Waals surface area (Å²) in [5.74, 6) is 0.